The minimum Gasteiger partial charge on any atom is -0.495 e. The van der Waals surface area contributed by atoms with Crippen molar-refractivity contribution in [3.63, 3.8) is 0 Å². The molecule has 0 aliphatic rings. The van der Waals surface area contributed by atoms with Crippen LogP contribution in [0.15, 0.2) is 30.3 Å². The van der Waals surface area contributed by atoms with E-state index in [1.807, 2.05) is 0 Å². The number of carbonyl (C=O) groups excluding carboxylic acids is 1. The van der Waals surface area contributed by atoms with Gasteiger partial charge in [0, 0.05) is 24.3 Å². The van der Waals surface area contributed by atoms with E-state index in [0.29, 0.717) is 29.4 Å². The van der Waals surface area contributed by atoms with E-state index < -0.39 is 0 Å². The van der Waals surface area contributed by atoms with Gasteiger partial charge >= 0.3 is 0 Å². The Labute approximate surface area is 148 Å². The topological polar surface area (TPSA) is 50.4 Å². The predicted octanol–water partition coefficient (Wildman–Crippen LogP) is 4.71. The molecule has 0 fully saturated rings. The molecule has 0 unspecified atom stereocenters. The van der Waals surface area contributed by atoms with Crippen molar-refractivity contribution in [1.82, 2.24) is 0 Å². The third-order valence-electron chi connectivity index (χ3n) is 3.77. The third-order valence-corrected chi connectivity index (χ3v) is 4.06. The fourth-order valence-corrected chi connectivity index (χ4v) is 2.99. The fourth-order valence-electron chi connectivity index (χ4n) is 2.73. The van der Waals surface area contributed by atoms with Crippen LogP contribution in [0.1, 0.15) is 23.1 Å². The van der Waals surface area contributed by atoms with Crippen LogP contribution in [-0.2, 0) is 4.79 Å². The van der Waals surface area contributed by atoms with Crippen molar-refractivity contribution < 1.29 is 9.53 Å². The summed E-state index contributed by atoms with van der Waals surface area (Å²) in [6.45, 7) is 6.79. The van der Waals surface area contributed by atoms with Gasteiger partial charge in [-0.05, 0) is 50.1 Å². The van der Waals surface area contributed by atoms with E-state index in [4.69, 9.17) is 16.3 Å². The summed E-state index contributed by atoms with van der Waals surface area (Å²) in [6, 6.07) is 9.45. The normalized spacial score (nSPS) is 10.4. The van der Waals surface area contributed by atoms with Gasteiger partial charge in [-0.25, -0.2) is 0 Å². The number of amides is 1. The van der Waals surface area contributed by atoms with Crippen molar-refractivity contribution in [3.05, 3.63) is 52.0 Å². The van der Waals surface area contributed by atoms with E-state index in [0.717, 1.165) is 5.69 Å². The number of nitrogens with one attached hydrogen (secondary N) is 2. The number of anilines is 2. The second kappa shape index (κ2) is 8.06. The first-order valence-electron chi connectivity index (χ1n) is 7.86. The van der Waals surface area contributed by atoms with Crippen molar-refractivity contribution in [3.8, 4) is 5.75 Å². The van der Waals surface area contributed by atoms with Crippen LogP contribution in [0.5, 0.6) is 5.75 Å². The molecule has 2 aromatic rings. The molecule has 0 aliphatic carbocycles. The van der Waals surface area contributed by atoms with Gasteiger partial charge < -0.3 is 15.4 Å². The van der Waals surface area contributed by atoms with Gasteiger partial charge in [-0.2, -0.15) is 0 Å². The molecular formula is C19H23ClN2O2. The van der Waals surface area contributed by atoms with E-state index in [9.17, 15) is 4.79 Å². The lowest BCUT2D eigenvalue weighted by Crippen LogP contribution is -2.17. The monoisotopic (exact) mass is 346 g/mol. The quantitative estimate of drug-likeness (QED) is 0.796. The smallest absolute Gasteiger partial charge is 0.226 e. The molecule has 0 aromatic heterocycles. The highest BCUT2D eigenvalue weighted by molar-refractivity contribution is 6.32. The summed E-state index contributed by atoms with van der Waals surface area (Å²) in [7, 11) is 1.56. The summed E-state index contributed by atoms with van der Waals surface area (Å²) in [6.07, 6.45) is 0.371. The zero-order chi connectivity index (χ0) is 17.7. The molecule has 1 amide bonds. The number of hydrogen-bond acceptors (Lipinski definition) is 3. The van der Waals surface area contributed by atoms with Crippen LogP contribution >= 0.6 is 11.6 Å². The molecular weight excluding hydrogens is 324 g/mol. The molecule has 5 heteroatoms. The Morgan fingerprint density at radius 2 is 1.79 bits per heavy atom. The second-order valence-corrected chi connectivity index (χ2v) is 6.26. The largest absolute Gasteiger partial charge is 0.495 e. The first-order valence-corrected chi connectivity index (χ1v) is 8.23. The third kappa shape index (κ3) is 4.65. The lowest BCUT2D eigenvalue weighted by molar-refractivity contribution is -0.115. The summed E-state index contributed by atoms with van der Waals surface area (Å²) < 4.78 is 5.09. The van der Waals surface area contributed by atoms with Crippen LogP contribution in [0.25, 0.3) is 0 Å². The number of aryl methyl sites for hydroxylation is 3. The highest BCUT2D eigenvalue weighted by atomic mass is 35.5. The zero-order valence-electron chi connectivity index (χ0n) is 14.5. The van der Waals surface area contributed by atoms with Gasteiger partial charge in [-0.15, -0.1) is 0 Å². The number of rotatable bonds is 6. The van der Waals surface area contributed by atoms with Crippen molar-refractivity contribution in [2.45, 2.75) is 27.2 Å². The van der Waals surface area contributed by atoms with Crippen molar-refractivity contribution in [2.24, 2.45) is 0 Å². The van der Waals surface area contributed by atoms with Crippen LogP contribution in [0.4, 0.5) is 11.4 Å². The van der Waals surface area contributed by atoms with Gasteiger partial charge in [0.05, 0.1) is 12.1 Å². The molecule has 0 saturated carbocycles. The van der Waals surface area contributed by atoms with Crippen LogP contribution < -0.4 is 15.4 Å². The molecule has 0 spiro atoms. The molecule has 2 N–H and O–H groups in total. The van der Waals surface area contributed by atoms with E-state index >= 15 is 0 Å². The zero-order valence-corrected chi connectivity index (χ0v) is 15.3. The highest BCUT2D eigenvalue weighted by Gasteiger charge is 2.07. The fraction of sp³-hybridized carbons (Fsp3) is 0.316. The summed E-state index contributed by atoms with van der Waals surface area (Å²) >= 11 is 6.06. The van der Waals surface area contributed by atoms with Gasteiger partial charge in [-0.3, -0.25) is 4.79 Å². The van der Waals surface area contributed by atoms with Crippen LogP contribution in [-0.4, -0.2) is 19.6 Å². The lowest BCUT2D eigenvalue weighted by atomic mass is 10.1. The van der Waals surface area contributed by atoms with Gasteiger partial charge in [-0.1, -0.05) is 29.3 Å². The maximum absolute atomic E-state index is 12.1. The first-order chi connectivity index (χ1) is 11.4. The van der Waals surface area contributed by atoms with E-state index in [1.165, 1.54) is 16.7 Å². The second-order valence-electron chi connectivity index (χ2n) is 5.85. The van der Waals surface area contributed by atoms with Gasteiger partial charge in [0.1, 0.15) is 5.75 Å². The Hall–Kier alpha value is -2.20. The van der Waals surface area contributed by atoms with Crippen molar-refractivity contribution in [1.29, 1.82) is 0 Å². The lowest BCUT2D eigenvalue weighted by Gasteiger charge is -2.14. The van der Waals surface area contributed by atoms with Gasteiger partial charge in [0.25, 0.3) is 0 Å². The van der Waals surface area contributed by atoms with Crippen molar-refractivity contribution >= 4 is 28.9 Å². The molecule has 2 aromatic carbocycles. The maximum atomic E-state index is 12.1. The molecule has 0 heterocycles. The Morgan fingerprint density at radius 1 is 1.12 bits per heavy atom. The van der Waals surface area contributed by atoms with Crippen LogP contribution in [0, 0.1) is 20.8 Å². The molecule has 0 bridgehead atoms. The molecule has 2 rings (SSSR count). The highest BCUT2D eigenvalue weighted by Crippen LogP contribution is 2.27. The van der Waals surface area contributed by atoms with E-state index in [1.54, 1.807) is 25.3 Å². The Kier molecular flexibility index (Phi) is 6.10. The molecule has 4 nitrogen and oxygen atoms in total. The minimum atomic E-state index is -0.0637. The molecule has 0 aliphatic heterocycles. The SMILES string of the molecule is COc1ccc(NC(=O)CCNc2c(C)cc(C)cc2C)cc1Cl. The minimum absolute atomic E-state index is 0.0637. The predicted molar refractivity (Wildman–Crippen MR) is 100 cm³/mol. The van der Waals surface area contributed by atoms with Gasteiger partial charge in [0.2, 0.25) is 5.91 Å². The standard InChI is InChI=1S/C19H23ClN2O2/c1-12-9-13(2)19(14(3)10-12)21-8-7-18(23)22-15-5-6-17(24-4)16(20)11-15/h5-6,9-11,21H,7-8H2,1-4H3,(H,22,23). The number of halogens is 1. The summed E-state index contributed by atoms with van der Waals surface area (Å²) in [5.41, 5.74) is 5.38. The summed E-state index contributed by atoms with van der Waals surface area (Å²) in [5.74, 6) is 0.521. The van der Waals surface area contributed by atoms with E-state index in [2.05, 4.69) is 43.5 Å². The number of methoxy groups -OCH3 is 1. The van der Waals surface area contributed by atoms with Crippen molar-refractivity contribution in [2.75, 3.05) is 24.3 Å². The molecule has 128 valence electrons. The van der Waals surface area contributed by atoms with Crippen LogP contribution in [0.3, 0.4) is 0 Å². The molecule has 0 radical (unpaired) electrons. The first kappa shape index (κ1) is 18.1. The molecule has 0 saturated heterocycles. The van der Waals surface area contributed by atoms with E-state index in [-0.39, 0.29) is 5.91 Å². The summed E-state index contributed by atoms with van der Waals surface area (Å²) in [5, 5.41) is 6.66. The number of benzene rings is 2. The summed E-state index contributed by atoms with van der Waals surface area (Å²) in [4.78, 5) is 12.1. The number of ether oxygens (including phenoxy) is 1. The average Bonchev–Trinajstić information content (AvgIpc) is 2.50. The number of hydrogen-bond donors (Lipinski definition) is 2. The Balaban J connectivity index is 1.89. The van der Waals surface area contributed by atoms with Gasteiger partial charge in [0.15, 0.2) is 0 Å². The maximum Gasteiger partial charge on any atom is 0.226 e. The average molecular weight is 347 g/mol. The molecule has 0 atom stereocenters. The van der Waals surface area contributed by atoms with Crippen LogP contribution in [0.2, 0.25) is 5.02 Å². The molecule has 24 heavy (non-hydrogen) atoms. The Bertz CT molecular complexity index is 721. The Morgan fingerprint density at radius 3 is 2.38 bits per heavy atom. The number of carbonyl (C=O) groups is 1.